The highest BCUT2D eigenvalue weighted by Gasteiger charge is 2.28. The monoisotopic (exact) mass is 412 g/mol. The van der Waals surface area contributed by atoms with Gasteiger partial charge in [0.15, 0.2) is 0 Å². The van der Waals surface area contributed by atoms with Gasteiger partial charge >= 0.3 is 5.97 Å². The molecule has 2 heterocycles. The number of phenolic OH excluding ortho intramolecular Hbond substituents is 1. The van der Waals surface area contributed by atoms with Crippen molar-refractivity contribution in [1.82, 2.24) is 4.57 Å². The predicted octanol–water partition coefficient (Wildman–Crippen LogP) is 4.85. The third-order valence-corrected chi connectivity index (χ3v) is 6.19. The second kappa shape index (κ2) is 7.84. The number of benzene rings is 3. The molecule has 5 rings (SSSR count). The highest BCUT2D eigenvalue weighted by Crippen LogP contribution is 2.39. The predicted molar refractivity (Wildman–Crippen MR) is 122 cm³/mol. The van der Waals surface area contributed by atoms with E-state index in [4.69, 9.17) is 0 Å². The van der Waals surface area contributed by atoms with Gasteiger partial charge < -0.3 is 19.7 Å². The molecular formula is C26H24N2O3. The van der Waals surface area contributed by atoms with Crippen molar-refractivity contribution in [2.24, 2.45) is 0 Å². The minimum Gasteiger partial charge on any atom is -0.507 e. The van der Waals surface area contributed by atoms with Crippen LogP contribution in [0.15, 0.2) is 72.8 Å². The number of carbonyl (C=O) groups is 1. The Hall–Kier alpha value is -3.73. The van der Waals surface area contributed by atoms with Crippen molar-refractivity contribution in [2.45, 2.75) is 25.9 Å². The number of phenols is 1. The summed E-state index contributed by atoms with van der Waals surface area (Å²) in [5.41, 5.74) is 5.37. The van der Waals surface area contributed by atoms with Crippen LogP contribution in [0.4, 0.5) is 5.69 Å². The zero-order valence-corrected chi connectivity index (χ0v) is 17.2. The Morgan fingerprint density at radius 1 is 0.935 bits per heavy atom. The Morgan fingerprint density at radius 2 is 1.65 bits per heavy atom. The number of fused-ring (bicyclic) bond motifs is 3. The first-order valence-corrected chi connectivity index (χ1v) is 10.6. The van der Waals surface area contributed by atoms with Gasteiger partial charge in [0.1, 0.15) is 5.75 Å². The summed E-state index contributed by atoms with van der Waals surface area (Å²) in [7, 11) is 0. The van der Waals surface area contributed by atoms with E-state index < -0.39 is 5.97 Å². The molecule has 1 aromatic heterocycles. The minimum atomic E-state index is -0.972. The molecule has 5 nitrogen and oxygen atoms in total. The second-order valence-electron chi connectivity index (χ2n) is 7.98. The molecule has 3 aromatic carbocycles. The summed E-state index contributed by atoms with van der Waals surface area (Å²) in [5.74, 6) is -0.816. The Labute approximate surface area is 180 Å². The number of hydrogen-bond acceptors (Lipinski definition) is 3. The molecule has 0 amide bonds. The molecular weight excluding hydrogens is 388 g/mol. The van der Waals surface area contributed by atoms with Gasteiger partial charge in [0.2, 0.25) is 0 Å². The lowest BCUT2D eigenvalue weighted by Gasteiger charge is -2.30. The number of aromatic nitrogens is 1. The van der Waals surface area contributed by atoms with Gasteiger partial charge in [-0.05, 0) is 48.2 Å². The first kappa shape index (κ1) is 19.2. The van der Waals surface area contributed by atoms with Crippen molar-refractivity contribution >= 4 is 22.6 Å². The van der Waals surface area contributed by atoms with E-state index in [1.54, 1.807) is 0 Å². The van der Waals surface area contributed by atoms with Crippen LogP contribution in [0.25, 0.3) is 10.9 Å². The van der Waals surface area contributed by atoms with Crippen LogP contribution in [0.3, 0.4) is 0 Å². The molecule has 0 unspecified atom stereocenters. The maximum absolute atomic E-state index is 12.0. The average Bonchev–Trinajstić information content (AvgIpc) is 3.13. The number of aromatic carboxylic acids is 1. The van der Waals surface area contributed by atoms with Gasteiger partial charge in [0.05, 0.1) is 17.6 Å². The van der Waals surface area contributed by atoms with E-state index in [1.165, 1.54) is 17.7 Å². The van der Waals surface area contributed by atoms with Gasteiger partial charge in [-0.1, -0.05) is 48.5 Å². The SMILES string of the molecule is O=C(O)c1ccc(O)c2c3c(n(CCc4ccccc4)c12)CN(c1ccccc1)CC3. The second-order valence-corrected chi connectivity index (χ2v) is 7.98. The molecule has 0 spiro atoms. The molecule has 0 atom stereocenters. The van der Waals surface area contributed by atoms with E-state index >= 15 is 0 Å². The van der Waals surface area contributed by atoms with Gasteiger partial charge in [0, 0.05) is 29.9 Å². The van der Waals surface area contributed by atoms with E-state index in [2.05, 4.69) is 33.7 Å². The van der Waals surface area contributed by atoms with Gasteiger partial charge in [-0.25, -0.2) is 4.79 Å². The van der Waals surface area contributed by atoms with Crippen molar-refractivity contribution < 1.29 is 15.0 Å². The number of rotatable bonds is 5. The third kappa shape index (κ3) is 3.42. The van der Waals surface area contributed by atoms with E-state index in [0.717, 1.165) is 36.3 Å². The van der Waals surface area contributed by atoms with Crippen molar-refractivity contribution in [3.8, 4) is 5.75 Å². The fraction of sp³-hybridized carbons (Fsp3) is 0.192. The maximum Gasteiger partial charge on any atom is 0.337 e. The molecule has 5 heteroatoms. The largest absolute Gasteiger partial charge is 0.507 e. The Morgan fingerprint density at radius 3 is 2.35 bits per heavy atom. The van der Waals surface area contributed by atoms with Gasteiger partial charge in [0.25, 0.3) is 0 Å². The van der Waals surface area contributed by atoms with E-state index in [-0.39, 0.29) is 11.3 Å². The average molecular weight is 412 g/mol. The minimum absolute atomic E-state index is 0.155. The van der Waals surface area contributed by atoms with Gasteiger partial charge in [-0.2, -0.15) is 0 Å². The number of para-hydroxylation sites is 1. The van der Waals surface area contributed by atoms with Crippen LogP contribution >= 0.6 is 0 Å². The molecule has 0 aliphatic carbocycles. The summed E-state index contributed by atoms with van der Waals surface area (Å²) in [6.45, 7) is 2.16. The summed E-state index contributed by atoms with van der Waals surface area (Å²) in [4.78, 5) is 14.4. The van der Waals surface area contributed by atoms with Gasteiger partial charge in [-0.3, -0.25) is 0 Å². The summed E-state index contributed by atoms with van der Waals surface area (Å²) < 4.78 is 2.12. The molecule has 156 valence electrons. The first-order chi connectivity index (χ1) is 15.1. The summed E-state index contributed by atoms with van der Waals surface area (Å²) in [6, 6.07) is 23.5. The zero-order chi connectivity index (χ0) is 21.4. The van der Waals surface area contributed by atoms with Crippen LogP contribution in [-0.2, 0) is 25.9 Å². The van der Waals surface area contributed by atoms with Crippen LogP contribution < -0.4 is 4.90 Å². The summed E-state index contributed by atoms with van der Waals surface area (Å²) in [5, 5.41) is 21.3. The zero-order valence-electron chi connectivity index (χ0n) is 17.2. The number of nitrogens with zero attached hydrogens (tertiary/aromatic N) is 2. The number of aryl methyl sites for hydroxylation is 2. The fourth-order valence-corrected chi connectivity index (χ4v) is 4.72. The molecule has 4 aromatic rings. The van der Waals surface area contributed by atoms with Crippen LogP contribution in [0.2, 0.25) is 0 Å². The van der Waals surface area contributed by atoms with Crippen LogP contribution in [0.1, 0.15) is 27.2 Å². The van der Waals surface area contributed by atoms with E-state index in [0.29, 0.717) is 24.0 Å². The van der Waals surface area contributed by atoms with Crippen molar-refractivity contribution in [3.05, 3.63) is 95.2 Å². The highest BCUT2D eigenvalue weighted by atomic mass is 16.4. The number of carboxylic acid groups (broad SMARTS) is 1. The molecule has 1 aliphatic heterocycles. The smallest absolute Gasteiger partial charge is 0.337 e. The molecule has 0 saturated heterocycles. The Kier molecular flexibility index (Phi) is 4.86. The van der Waals surface area contributed by atoms with E-state index in [9.17, 15) is 15.0 Å². The summed E-state index contributed by atoms with van der Waals surface area (Å²) >= 11 is 0. The molecule has 31 heavy (non-hydrogen) atoms. The van der Waals surface area contributed by atoms with Crippen molar-refractivity contribution in [3.63, 3.8) is 0 Å². The van der Waals surface area contributed by atoms with Crippen LogP contribution in [0, 0.1) is 0 Å². The first-order valence-electron chi connectivity index (χ1n) is 10.6. The number of hydrogen-bond donors (Lipinski definition) is 2. The molecule has 0 saturated carbocycles. The van der Waals surface area contributed by atoms with Crippen molar-refractivity contribution in [1.29, 1.82) is 0 Å². The van der Waals surface area contributed by atoms with Crippen molar-refractivity contribution in [2.75, 3.05) is 11.4 Å². The number of aromatic hydroxyl groups is 1. The quantitative estimate of drug-likeness (QED) is 0.492. The third-order valence-electron chi connectivity index (χ3n) is 6.19. The fourth-order valence-electron chi connectivity index (χ4n) is 4.72. The highest BCUT2D eigenvalue weighted by molar-refractivity contribution is 6.06. The molecule has 0 fully saturated rings. The normalized spacial score (nSPS) is 13.4. The molecule has 0 bridgehead atoms. The molecule has 1 aliphatic rings. The lowest BCUT2D eigenvalue weighted by molar-refractivity contribution is 0.0698. The van der Waals surface area contributed by atoms with Crippen LogP contribution in [0.5, 0.6) is 5.75 Å². The standard InChI is InChI=1S/C26H24N2O3/c29-23-12-11-21(26(30)31)25-24(23)20-14-15-27(19-9-5-2-6-10-19)17-22(20)28(25)16-13-18-7-3-1-4-8-18/h1-12,29H,13-17H2,(H,30,31). The number of carboxylic acids is 1. The maximum atomic E-state index is 12.0. The number of anilines is 1. The van der Waals surface area contributed by atoms with E-state index in [1.807, 2.05) is 36.4 Å². The lowest BCUT2D eigenvalue weighted by atomic mass is 10.0. The molecule has 0 radical (unpaired) electrons. The summed E-state index contributed by atoms with van der Waals surface area (Å²) in [6.07, 6.45) is 1.55. The van der Waals surface area contributed by atoms with Gasteiger partial charge in [-0.15, -0.1) is 0 Å². The van der Waals surface area contributed by atoms with Crippen LogP contribution in [-0.4, -0.2) is 27.3 Å². The topological polar surface area (TPSA) is 65.7 Å². The Balaban J connectivity index is 1.65. The lowest BCUT2D eigenvalue weighted by Crippen LogP contribution is -2.31. The molecule has 2 N–H and O–H groups in total. The Bertz CT molecular complexity index is 1250.